The van der Waals surface area contributed by atoms with E-state index in [-0.39, 0.29) is 78.1 Å². The number of nitrogens with zero attached hydrogens (tertiary/aromatic N) is 5. The molecule has 36 heavy (non-hydrogen) atoms. The second-order valence-electron chi connectivity index (χ2n) is 8.27. The molecule has 5 rings (SSSR count). The smallest absolute Gasteiger partial charge is 1.00 e. The van der Waals surface area contributed by atoms with Crippen molar-refractivity contribution in [3.8, 4) is 23.0 Å². The number of hydrogen-bond acceptors (Lipinski definition) is 3. The Bertz CT molecular complexity index is 1280. The first-order valence-corrected chi connectivity index (χ1v) is 11.7. The summed E-state index contributed by atoms with van der Waals surface area (Å²) in [4.78, 5) is 15.0. The fourth-order valence-corrected chi connectivity index (χ4v) is 4.31. The van der Waals surface area contributed by atoms with E-state index in [1.165, 1.54) is 11.0 Å². The molecule has 0 saturated carbocycles. The predicted molar refractivity (Wildman–Crippen MR) is 132 cm³/mol. The second-order valence-corrected chi connectivity index (χ2v) is 8.27. The summed E-state index contributed by atoms with van der Waals surface area (Å²) in [6, 6.07) is 22.9. The first kappa shape index (κ1) is 32.8. The summed E-state index contributed by atoms with van der Waals surface area (Å²) in [6.07, 6.45) is 4.50. The zero-order valence-corrected chi connectivity index (χ0v) is 25.9. The van der Waals surface area contributed by atoms with E-state index in [0.717, 1.165) is 72.8 Å². The van der Waals surface area contributed by atoms with Crippen LogP contribution in [0.3, 0.4) is 0 Å². The number of unbranched alkanes of at least 4 members (excludes halogenated alkanes) is 2. The Balaban J connectivity index is 0.00000162. The molecule has 0 atom stereocenters. The van der Waals surface area contributed by atoms with E-state index in [0.29, 0.717) is 0 Å². The Kier molecular flexibility index (Phi) is 13.9. The molecule has 1 radical (unpaired) electrons. The zero-order valence-electron chi connectivity index (χ0n) is 20.5. The van der Waals surface area contributed by atoms with E-state index >= 15 is 0 Å². The third-order valence-electron chi connectivity index (χ3n) is 5.99. The van der Waals surface area contributed by atoms with Crippen LogP contribution in [0.2, 0.25) is 0 Å². The molecule has 0 aliphatic rings. The van der Waals surface area contributed by atoms with Gasteiger partial charge in [0.1, 0.15) is 11.4 Å². The van der Waals surface area contributed by atoms with E-state index in [2.05, 4.69) is 77.6 Å². The summed E-state index contributed by atoms with van der Waals surface area (Å²) in [5.74, 6) is 1.86. The van der Waals surface area contributed by atoms with E-state index < -0.39 is 0 Å². The first-order chi connectivity index (χ1) is 15.8. The van der Waals surface area contributed by atoms with Gasteiger partial charge in [-0.05, 0) is 49.2 Å². The predicted octanol–water partition coefficient (Wildman–Crippen LogP) is -2.27. The van der Waals surface area contributed by atoms with Gasteiger partial charge in [-0.15, -0.1) is 0 Å². The number of rotatable bonds is 8. The maximum absolute atomic E-state index is 5.07. The molecule has 0 saturated heterocycles. The summed E-state index contributed by atoms with van der Waals surface area (Å²) in [5, 5.41) is 0. The minimum atomic E-state index is 0. The number of fused-ring (bicyclic) bond motifs is 2. The number of para-hydroxylation sites is 4. The molecule has 0 fully saturated rings. The van der Waals surface area contributed by atoms with Crippen molar-refractivity contribution < 1.29 is 78.1 Å². The molecule has 0 spiro atoms. The van der Waals surface area contributed by atoms with Gasteiger partial charge in [-0.2, -0.15) is 0 Å². The van der Waals surface area contributed by atoms with E-state index in [1.54, 1.807) is 0 Å². The summed E-state index contributed by atoms with van der Waals surface area (Å²) < 4.78 is 4.62. The molecule has 0 bridgehead atoms. The molecule has 5 aromatic rings. The van der Waals surface area contributed by atoms with Crippen molar-refractivity contribution in [1.82, 2.24) is 24.1 Å². The van der Waals surface area contributed by atoms with Gasteiger partial charge in [-0.25, -0.2) is 15.0 Å². The van der Waals surface area contributed by atoms with Crippen molar-refractivity contribution in [3.63, 3.8) is 0 Å². The third kappa shape index (κ3) is 6.60. The van der Waals surface area contributed by atoms with Crippen LogP contribution in [0.15, 0.2) is 66.7 Å². The quantitative estimate of drug-likeness (QED) is 0.187. The van der Waals surface area contributed by atoms with Gasteiger partial charge in [0, 0.05) is 13.1 Å². The Morgan fingerprint density at radius 2 is 0.972 bits per heavy atom. The Morgan fingerprint density at radius 1 is 0.556 bits per heavy atom. The molecule has 0 amide bonds. The summed E-state index contributed by atoms with van der Waals surface area (Å²) in [5.41, 5.74) is 6.14. The molecule has 5 nitrogen and oxygen atoms in total. The van der Waals surface area contributed by atoms with Crippen molar-refractivity contribution in [2.24, 2.45) is 0 Å². The van der Waals surface area contributed by atoms with Crippen LogP contribution in [0.4, 0.5) is 0 Å². The third-order valence-corrected chi connectivity index (χ3v) is 5.99. The Morgan fingerprint density at radius 3 is 1.39 bits per heavy atom. The maximum Gasteiger partial charge on any atom is 3.00 e. The molecule has 2 aromatic carbocycles. The van der Waals surface area contributed by atoms with Crippen LogP contribution in [0.5, 0.6) is 0 Å². The van der Waals surface area contributed by atoms with Crippen molar-refractivity contribution in [2.45, 2.75) is 52.6 Å². The van der Waals surface area contributed by atoms with Crippen LogP contribution in [0, 0.1) is 40.8 Å². The SMILES string of the molecule is CCCCn1c(-c2cccc(-c3nc4ccccc4n3CCCC)n2)nc2ccccc21.[Cl-].[Cl-].[Cl-].[Nd+3]. The molecule has 0 aliphatic heterocycles. The van der Waals surface area contributed by atoms with Gasteiger partial charge in [-0.1, -0.05) is 57.0 Å². The average molecular weight is 674 g/mol. The standard InChI is InChI=1S/C27H29N5.3ClH.Nd/c1-3-5-18-31-24-16-9-7-12-20(24)29-26(31)22-14-11-15-23(28-22)27-30-21-13-8-10-17-25(21)32(27)19-6-4-2;;;;/h7-17H,3-6,18-19H2,1-2H3;3*1H;/q;;;;+3/p-3. The van der Waals surface area contributed by atoms with Crippen molar-refractivity contribution in [2.75, 3.05) is 0 Å². The van der Waals surface area contributed by atoms with Gasteiger partial charge in [0.2, 0.25) is 0 Å². The molecular formula is C27H29Cl3N5Nd. The van der Waals surface area contributed by atoms with E-state index in [9.17, 15) is 0 Å². The van der Waals surface area contributed by atoms with Gasteiger partial charge in [-0.3, -0.25) is 0 Å². The fraction of sp³-hybridized carbons (Fsp3) is 0.296. The Hall–Kier alpha value is -1.25. The van der Waals surface area contributed by atoms with Crippen LogP contribution in [0.25, 0.3) is 45.1 Å². The first-order valence-electron chi connectivity index (χ1n) is 11.7. The number of pyridine rings is 1. The molecule has 3 aromatic heterocycles. The molecule has 0 unspecified atom stereocenters. The number of hydrogen-bond donors (Lipinski definition) is 0. The summed E-state index contributed by atoms with van der Waals surface area (Å²) >= 11 is 0. The van der Waals surface area contributed by atoms with Crippen LogP contribution in [0.1, 0.15) is 39.5 Å². The van der Waals surface area contributed by atoms with Gasteiger partial charge in [0.15, 0.2) is 11.6 Å². The zero-order chi connectivity index (χ0) is 21.9. The van der Waals surface area contributed by atoms with Crippen LogP contribution >= 0.6 is 0 Å². The number of aryl methyl sites for hydroxylation is 2. The molecule has 0 aliphatic carbocycles. The van der Waals surface area contributed by atoms with Crippen molar-refractivity contribution in [3.05, 3.63) is 66.7 Å². The molecule has 3 heterocycles. The average Bonchev–Trinajstić information content (AvgIpc) is 3.40. The van der Waals surface area contributed by atoms with Crippen molar-refractivity contribution in [1.29, 1.82) is 0 Å². The summed E-state index contributed by atoms with van der Waals surface area (Å²) in [6.45, 7) is 6.32. The number of benzene rings is 2. The maximum atomic E-state index is 5.07. The second kappa shape index (κ2) is 15.2. The fourth-order valence-electron chi connectivity index (χ4n) is 4.31. The Labute approximate surface area is 264 Å². The molecular weight excluding hydrogens is 645 g/mol. The topological polar surface area (TPSA) is 48.5 Å². The van der Waals surface area contributed by atoms with Crippen molar-refractivity contribution >= 4 is 22.1 Å². The minimum absolute atomic E-state index is 0. The number of aromatic nitrogens is 5. The minimum Gasteiger partial charge on any atom is -1.00 e. The van der Waals surface area contributed by atoms with Gasteiger partial charge < -0.3 is 46.4 Å². The normalized spacial score (nSPS) is 10.3. The molecule has 187 valence electrons. The number of halogens is 3. The van der Waals surface area contributed by atoms with E-state index in [4.69, 9.17) is 15.0 Å². The molecule has 0 N–H and O–H groups in total. The van der Waals surface area contributed by atoms with E-state index in [1.807, 2.05) is 12.1 Å². The van der Waals surface area contributed by atoms with Crippen LogP contribution in [-0.4, -0.2) is 24.1 Å². The largest absolute Gasteiger partial charge is 3.00 e. The van der Waals surface area contributed by atoms with Crippen LogP contribution < -0.4 is 37.2 Å². The molecule has 9 heteroatoms. The number of imidazole rings is 2. The summed E-state index contributed by atoms with van der Waals surface area (Å²) in [7, 11) is 0. The van der Waals surface area contributed by atoms with Crippen LogP contribution in [-0.2, 0) is 13.1 Å². The monoisotopic (exact) mass is 670 g/mol. The van der Waals surface area contributed by atoms with Gasteiger partial charge in [0.25, 0.3) is 0 Å². The van der Waals surface area contributed by atoms with Gasteiger partial charge in [0.05, 0.1) is 22.1 Å². The van der Waals surface area contributed by atoms with Gasteiger partial charge >= 0.3 is 40.8 Å².